The number of carbonyl (C=O) groups is 2. The van der Waals surface area contributed by atoms with Gasteiger partial charge in [-0.1, -0.05) is 23.7 Å². The quantitative estimate of drug-likeness (QED) is 0.395. The Balaban J connectivity index is 1.49. The molecule has 9 heteroatoms. The molecule has 0 aliphatic carbocycles. The number of likely N-dealkylation sites (tertiary alicyclic amines) is 1. The van der Waals surface area contributed by atoms with E-state index in [1.165, 1.54) is 18.3 Å². The van der Waals surface area contributed by atoms with Gasteiger partial charge in [0, 0.05) is 30.4 Å². The Morgan fingerprint density at radius 1 is 0.969 bits per heavy atom. The van der Waals surface area contributed by atoms with Gasteiger partial charge in [-0.3, -0.25) is 15.0 Å². The minimum atomic E-state index is -0.632. The number of halogens is 2. The van der Waals surface area contributed by atoms with Crippen molar-refractivity contribution in [2.75, 3.05) is 23.7 Å². The van der Waals surface area contributed by atoms with E-state index in [9.17, 15) is 14.0 Å². The maximum atomic E-state index is 13.8. The van der Waals surface area contributed by atoms with E-state index in [0.29, 0.717) is 16.4 Å². The number of anilines is 2. The van der Waals surface area contributed by atoms with Gasteiger partial charge in [0.2, 0.25) is 0 Å². The molecule has 3 N–H and O–H groups in total. The van der Waals surface area contributed by atoms with Crippen molar-refractivity contribution in [1.29, 1.82) is 5.41 Å². The molecule has 0 saturated carbocycles. The molecule has 1 fully saturated rings. The van der Waals surface area contributed by atoms with E-state index < -0.39 is 17.6 Å². The Hall–Kier alpha value is -3.78. The van der Waals surface area contributed by atoms with Gasteiger partial charge < -0.3 is 15.5 Å². The van der Waals surface area contributed by atoms with Crippen molar-refractivity contribution >= 4 is 40.8 Å². The Kier molecular flexibility index (Phi) is 6.13. The van der Waals surface area contributed by atoms with Crippen LogP contribution in [0, 0.1) is 11.2 Å². The monoisotopic (exact) mass is 451 g/mol. The molecule has 1 aliphatic heterocycles. The van der Waals surface area contributed by atoms with Gasteiger partial charge in [0.25, 0.3) is 11.8 Å². The minimum absolute atomic E-state index is 0.0497. The molecule has 0 radical (unpaired) electrons. The molecule has 1 aliphatic rings. The highest BCUT2D eigenvalue weighted by molar-refractivity contribution is 6.30. The van der Waals surface area contributed by atoms with Crippen LogP contribution in [0.25, 0.3) is 0 Å². The third kappa shape index (κ3) is 4.76. The lowest BCUT2D eigenvalue weighted by Gasteiger charge is -2.33. The van der Waals surface area contributed by atoms with Crippen LogP contribution in [0.4, 0.5) is 15.9 Å². The number of pyridine rings is 1. The van der Waals surface area contributed by atoms with Gasteiger partial charge in [-0.25, -0.2) is 9.37 Å². The van der Waals surface area contributed by atoms with E-state index in [1.54, 1.807) is 30.3 Å². The number of nitrogens with one attached hydrogen (secondary N) is 3. The highest BCUT2D eigenvalue weighted by Crippen LogP contribution is 2.21. The predicted molar refractivity (Wildman–Crippen MR) is 121 cm³/mol. The zero-order valence-corrected chi connectivity index (χ0v) is 17.6. The molecule has 162 valence electrons. The lowest BCUT2D eigenvalue weighted by atomic mass is 10.1. The van der Waals surface area contributed by atoms with Crippen LogP contribution in [-0.4, -0.2) is 40.6 Å². The summed E-state index contributed by atoms with van der Waals surface area (Å²) in [5.74, 6) is -1.05. The number of amides is 2. The van der Waals surface area contributed by atoms with E-state index in [-0.39, 0.29) is 17.1 Å². The molecule has 1 aromatic heterocycles. The first-order chi connectivity index (χ1) is 15.4. The fourth-order valence-electron chi connectivity index (χ4n) is 3.14. The second kappa shape index (κ2) is 9.15. The van der Waals surface area contributed by atoms with Crippen molar-refractivity contribution in [3.63, 3.8) is 0 Å². The normalized spacial score (nSPS) is 12.6. The highest BCUT2D eigenvalue weighted by atomic mass is 35.5. The number of hydrogen-bond acceptors (Lipinski definition) is 4. The van der Waals surface area contributed by atoms with E-state index in [4.69, 9.17) is 17.0 Å². The van der Waals surface area contributed by atoms with Crippen molar-refractivity contribution in [2.24, 2.45) is 0 Å². The second-order valence-electron chi connectivity index (χ2n) is 7.23. The lowest BCUT2D eigenvalue weighted by Crippen LogP contribution is -2.42. The zero-order chi connectivity index (χ0) is 22.7. The van der Waals surface area contributed by atoms with Crippen LogP contribution in [0.3, 0.4) is 0 Å². The molecule has 0 unspecified atom stereocenters. The Labute approximate surface area is 188 Å². The van der Waals surface area contributed by atoms with Crippen molar-refractivity contribution in [1.82, 2.24) is 9.88 Å². The average Bonchev–Trinajstić information content (AvgIpc) is 2.75. The van der Waals surface area contributed by atoms with Gasteiger partial charge in [0.15, 0.2) is 0 Å². The maximum Gasteiger partial charge on any atom is 0.259 e. The average molecular weight is 452 g/mol. The fraction of sp³-hybridized carbons (Fsp3) is 0.130. The molecule has 2 heterocycles. The lowest BCUT2D eigenvalue weighted by molar-refractivity contribution is 0.102. The summed E-state index contributed by atoms with van der Waals surface area (Å²) in [6.45, 7) is 1.73. The standard InChI is InChI=1S/C23H19ClFN5O2/c24-16-6-9-20(27-13-16)29-23(32)18-12-17(25)7-8-19(18)28-22(31)15-4-2-14(3-5-15)21(26)30-10-1-11-30/h2-9,12-13,26H,1,10-11H2,(H,28,31)(H,27,29,32). The molecular formula is C23H19ClFN5O2. The largest absolute Gasteiger partial charge is 0.356 e. The summed E-state index contributed by atoms with van der Waals surface area (Å²) in [5, 5.41) is 13.8. The predicted octanol–water partition coefficient (Wildman–Crippen LogP) is 4.41. The first kappa shape index (κ1) is 21.5. The van der Waals surface area contributed by atoms with Gasteiger partial charge in [0.05, 0.1) is 16.3 Å². The second-order valence-corrected chi connectivity index (χ2v) is 7.66. The molecular weight excluding hydrogens is 433 g/mol. The Bertz CT molecular complexity index is 1180. The number of nitrogens with zero attached hydrogens (tertiary/aromatic N) is 2. The third-order valence-electron chi connectivity index (χ3n) is 5.04. The molecule has 4 rings (SSSR count). The number of amidine groups is 1. The van der Waals surface area contributed by atoms with E-state index in [1.807, 2.05) is 4.90 Å². The summed E-state index contributed by atoms with van der Waals surface area (Å²) in [5.41, 5.74) is 1.17. The zero-order valence-electron chi connectivity index (χ0n) is 16.9. The van der Waals surface area contributed by atoms with E-state index in [2.05, 4.69) is 15.6 Å². The van der Waals surface area contributed by atoms with Gasteiger partial charge in [-0.2, -0.15) is 0 Å². The highest BCUT2D eigenvalue weighted by Gasteiger charge is 2.19. The molecule has 0 bridgehead atoms. The molecule has 32 heavy (non-hydrogen) atoms. The summed E-state index contributed by atoms with van der Waals surface area (Å²) in [4.78, 5) is 31.3. The van der Waals surface area contributed by atoms with E-state index >= 15 is 0 Å². The van der Waals surface area contributed by atoms with Crippen LogP contribution in [0.2, 0.25) is 5.02 Å². The van der Waals surface area contributed by atoms with Crippen LogP contribution in [0.5, 0.6) is 0 Å². The number of aromatic nitrogens is 1. The topological polar surface area (TPSA) is 98.2 Å². The molecule has 2 amide bonds. The van der Waals surface area contributed by atoms with Crippen LogP contribution in [0.1, 0.15) is 32.7 Å². The molecule has 1 saturated heterocycles. The van der Waals surface area contributed by atoms with Crippen molar-refractivity contribution < 1.29 is 14.0 Å². The fourth-order valence-corrected chi connectivity index (χ4v) is 3.25. The van der Waals surface area contributed by atoms with Crippen LogP contribution in [0.15, 0.2) is 60.8 Å². The third-order valence-corrected chi connectivity index (χ3v) is 5.26. The minimum Gasteiger partial charge on any atom is -0.356 e. The molecule has 7 nitrogen and oxygen atoms in total. The van der Waals surface area contributed by atoms with Gasteiger partial charge in [-0.15, -0.1) is 0 Å². The Morgan fingerprint density at radius 3 is 2.31 bits per heavy atom. The van der Waals surface area contributed by atoms with Crippen LogP contribution in [-0.2, 0) is 0 Å². The van der Waals surface area contributed by atoms with Gasteiger partial charge in [0.1, 0.15) is 17.5 Å². The molecule has 2 aromatic carbocycles. The first-order valence-electron chi connectivity index (χ1n) is 9.88. The van der Waals surface area contributed by atoms with E-state index in [0.717, 1.165) is 37.2 Å². The van der Waals surface area contributed by atoms with Crippen molar-refractivity contribution in [2.45, 2.75) is 6.42 Å². The smallest absolute Gasteiger partial charge is 0.259 e. The van der Waals surface area contributed by atoms with Gasteiger partial charge in [-0.05, 0) is 48.9 Å². The summed E-state index contributed by atoms with van der Waals surface area (Å²) >= 11 is 5.79. The maximum absolute atomic E-state index is 13.8. The summed E-state index contributed by atoms with van der Waals surface area (Å²) < 4.78 is 13.8. The number of benzene rings is 2. The van der Waals surface area contributed by atoms with Crippen LogP contribution < -0.4 is 10.6 Å². The summed E-state index contributed by atoms with van der Waals surface area (Å²) in [6.07, 6.45) is 2.45. The number of carbonyl (C=O) groups excluding carboxylic acids is 2. The van der Waals surface area contributed by atoms with Gasteiger partial charge >= 0.3 is 0 Å². The SMILES string of the molecule is N=C(c1ccc(C(=O)Nc2ccc(F)cc2C(=O)Nc2ccc(Cl)cn2)cc1)N1CCC1. The van der Waals surface area contributed by atoms with Crippen molar-refractivity contribution in [3.8, 4) is 0 Å². The Morgan fingerprint density at radius 2 is 1.69 bits per heavy atom. The summed E-state index contributed by atoms with van der Waals surface area (Å²) in [6, 6.07) is 13.2. The molecule has 0 atom stereocenters. The summed E-state index contributed by atoms with van der Waals surface area (Å²) in [7, 11) is 0. The van der Waals surface area contributed by atoms with Crippen LogP contribution >= 0.6 is 11.6 Å². The molecule has 0 spiro atoms. The number of hydrogen-bond donors (Lipinski definition) is 3. The molecule has 3 aromatic rings. The van der Waals surface area contributed by atoms with Crippen molar-refractivity contribution in [3.05, 3.63) is 88.3 Å². The first-order valence-corrected chi connectivity index (χ1v) is 10.3. The number of rotatable bonds is 5.